The van der Waals surface area contributed by atoms with Crippen LogP contribution in [0.4, 0.5) is 11.4 Å². The molecule has 0 unspecified atom stereocenters. The van der Waals surface area contributed by atoms with Gasteiger partial charge in [0, 0.05) is 5.54 Å². The molecule has 4 aliphatic rings. The third-order valence-corrected chi connectivity index (χ3v) is 6.72. The van der Waals surface area contributed by atoms with Gasteiger partial charge in [-0.3, -0.25) is 4.79 Å². The number of rotatable bonds is 5. The Bertz CT molecular complexity index is 922. The first-order chi connectivity index (χ1) is 14.0. The first-order valence-corrected chi connectivity index (χ1v) is 10.2. The lowest BCUT2D eigenvalue weighted by atomic mass is 9.53. The lowest BCUT2D eigenvalue weighted by molar-refractivity contribution is 0.0107. The van der Waals surface area contributed by atoms with Gasteiger partial charge in [0.05, 0.1) is 23.8 Å². The molecule has 150 valence electrons. The molecule has 1 heterocycles. The van der Waals surface area contributed by atoms with Crippen LogP contribution in [0.2, 0.25) is 0 Å². The lowest BCUT2D eigenvalue weighted by Gasteiger charge is -2.57. The summed E-state index contributed by atoms with van der Waals surface area (Å²) in [6.07, 6.45) is 10.1. The molecule has 0 saturated heterocycles. The second-order valence-electron chi connectivity index (χ2n) is 8.91. The summed E-state index contributed by atoms with van der Waals surface area (Å²) in [5.74, 6) is 0.916. The Morgan fingerprint density at radius 2 is 1.45 bits per heavy atom. The van der Waals surface area contributed by atoms with E-state index < -0.39 is 11.9 Å². The third kappa shape index (κ3) is 3.45. The van der Waals surface area contributed by atoms with Gasteiger partial charge in [0.25, 0.3) is 5.91 Å². The molecular weight excluding hydrogens is 368 g/mol. The molecule has 1 aromatic heterocycles. The molecule has 0 atom stereocenters. The number of nitrogens with one attached hydrogen (secondary N) is 2. The number of carbonyl (C=O) groups is 2. The number of carbonyl (C=O) groups excluding carboxylic acids is 1. The molecule has 0 aliphatic heterocycles. The first kappa shape index (κ1) is 18.1. The molecular formula is C22H24N4O3. The molecule has 1 amide bonds. The van der Waals surface area contributed by atoms with Gasteiger partial charge in [-0.15, -0.1) is 0 Å². The summed E-state index contributed by atoms with van der Waals surface area (Å²) in [5.41, 5.74) is 1.67. The van der Waals surface area contributed by atoms with E-state index in [1.807, 2.05) is 24.3 Å². The zero-order valence-electron chi connectivity index (χ0n) is 16.1. The molecule has 4 aliphatic carbocycles. The Labute approximate surface area is 169 Å². The van der Waals surface area contributed by atoms with E-state index in [0.717, 1.165) is 29.6 Å². The fourth-order valence-corrected chi connectivity index (χ4v) is 5.99. The van der Waals surface area contributed by atoms with Crippen molar-refractivity contribution in [1.29, 1.82) is 0 Å². The van der Waals surface area contributed by atoms with E-state index in [1.54, 1.807) is 0 Å². The van der Waals surface area contributed by atoms with Gasteiger partial charge in [-0.2, -0.15) is 0 Å². The van der Waals surface area contributed by atoms with Crippen LogP contribution in [0.3, 0.4) is 0 Å². The molecule has 6 rings (SSSR count). The molecule has 3 N–H and O–H groups in total. The van der Waals surface area contributed by atoms with Crippen molar-refractivity contribution < 1.29 is 14.7 Å². The van der Waals surface area contributed by atoms with Gasteiger partial charge in [0.2, 0.25) is 0 Å². The Morgan fingerprint density at radius 1 is 0.897 bits per heavy atom. The largest absolute Gasteiger partial charge is 0.476 e. The van der Waals surface area contributed by atoms with Crippen molar-refractivity contribution in [2.45, 2.75) is 44.1 Å². The highest BCUT2D eigenvalue weighted by atomic mass is 16.4. The Kier molecular flexibility index (Phi) is 4.26. The third-order valence-electron chi connectivity index (χ3n) is 6.72. The molecule has 7 heteroatoms. The van der Waals surface area contributed by atoms with Crippen molar-refractivity contribution >= 4 is 23.3 Å². The normalized spacial score (nSPS) is 29.4. The number of aromatic carboxylic acids is 1. The average Bonchev–Trinajstić information content (AvgIpc) is 2.68. The minimum Gasteiger partial charge on any atom is -0.476 e. The van der Waals surface area contributed by atoms with Crippen LogP contribution in [0.1, 0.15) is 59.5 Å². The smallest absolute Gasteiger partial charge is 0.356 e. The van der Waals surface area contributed by atoms with Crippen molar-refractivity contribution in [3.05, 3.63) is 48.0 Å². The van der Waals surface area contributed by atoms with E-state index in [1.165, 1.54) is 44.7 Å². The number of para-hydroxylation sites is 2. The van der Waals surface area contributed by atoms with Crippen LogP contribution in [-0.2, 0) is 0 Å². The minimum absolute atomic E-state index is 0.0830. The number of nitrogens with zero attached hydrogens (tertiary/aromatic N) is 2. The number of hydrogen-bond acceptors (Lipinski definition) is 5. The van der Waals surface area contributed by atoms with Gasteiger partial charge in [0.1, 0.15) is 5.69 Å². The van der Waals surface area contributed by atoms with Crippen molar-refractivity contribution in [3.8, 4) is 0 Å². The van der Waals surface area contributed by atoms with E-state index in [0.29, 0.717) is 5.69 Å². The molecule has 29 heavy (non-hydrogen) atoms. The molecule has 4 saturated carbocycles. The Balaban J connectivity index is 1.35. The van der Waals surface area contributed by atoms with Crippen LogP contribution in [0.25, 0.3) is 0 Å². The highest BCUT2D eigenvalue weighted by Crippen LogP contribution is 2.56. The lowest BCUT2D eigenvalue weighted by Crippen LogP contribution is -2.54. The van der Waals surface area contributed by atoms with Gasteiger partial charge in [0.15, 0.2) is 5.69 Å². The predicted molar refractivity (Wildman–Crippen MR) is 108 cm³/mol. The molecule has 2 aromatic rings. The summed E-state index contributed by atoms with van der Waals surface area (Å²) < 4.78 is 0. The number of carboxylic acids is 1. The summed E-state index contributed by atoms with van der Waals surface area (Å²) in [6, 6.07) is 7.74. The Morgan fingerprint density at radius 3 is 2.00 bits per heavy atom. The van der Waals surface area contributed by atoms with Crippen molar-refractivity contribution in [1.82, 2.24) is 9.97 Å². The fourth-order valence-electron chi connectivity index (χ4n) is 5.99. The number of anilines is 2. The van der Waals surface area contributed by atoms with E-state index in [-0.39, 0.29) is 16.9 Å². The molecule has 0 spiro atoms. The summed E-state index contributed by atoms with van der Waals surface area (Å²) in [5, 5.41) is 15.6. The summed E-state index contributed by atoms with van der Waals surface area (Å²) >= 11 is 0. The maximum absolute atomic E-state index is 12.6. The van der Waals surface area contributed by atoms with Gasteiger partial charge < -0.3 is 15.7 Å². The topological polar surface area (TPSA) is 104 Å². The first-order valence-electron chi connectivity index (χ1n) is 10.2. The van der Waals surface area contributed by atoms with Crippen LogP contribution in [0.5, 0.6) is 0 Å². The summed E-state index contributed by atoms with van der Waals surface area (Å²) in [6.45, 7) is 0. The van der Waals surface area contributed by atoms with E-state index in [4.69, 9.17) is 5.11 Å². The van der Waals surface area contributed by atoms with Crippen LogP contribution >= 0.6 is 0 Å². The van der Waals surface area contributed by atoms with Crippen LogP contribution in [0, 0.1) is 17.8 Å². The van der Waals surface area contributed by atoms with Crippen molar-refractivity contribution in [3.63, 3.8) is 0 Å². The molecule has 4 fully saturated rings. The molecule has 0 radical (unpaired) electrons. The van der Waals surface area contributed by atoms with Gasteiger partial charge in [-0.25, -0.2) is 14.8 Å². The van der Waals surface area contributed by atoms with Crippen LogP contribution in [0.15, 0.2) is 36.7 Å². The zero-order chi connectivity index (χ0) is 20.0. The summed E-state index contributed by atoms with van der Waals surface area (Å²) in [7, 11) is 0. The molecule has 1 aromatic carbocycles. The van der Waals surface area contributed by atoms with E-state index >= 15 is 0 Å². The highest BCUT2D eigenvalue weighted by molar-refractivity contribution is 6.04. The number of amides is 1. The molecule has 7 nitrogen and oxygen atoms in total. The van der Waals surface area contributed by atoms with Gasteiger partial charge in [-0.05, 0) is 68.4 Å². The quantitative estimate of drug-likeness (QED) is 0.715. The SMILES string of the molecule is O=C(O)c1cnc(C(=O)Nc2ccccc2NC23CC4CC(CC(C4)C2)C3)cn1. The highest BCUT2D eigenvalue weighted by Gasteiger charge is 2.51. The van der Waals surface area contributed by atoms with Gasteiger partial charge >= 0.3 is 5.97 Å². The van der Waals surface area contributed by atoms with E-state index in [9.17, 15) is 9.59 Å². The number of aromatic nitrogens is 2. The summed E-state index contributed by atoms with van der Waals surface area (Å²) in [4.78, 5) is 31.2. The standard InChI is InChI=1S/C22H24N4O3/c27-20(18-11-24-19(12-23-18)21(28)29)25-16-3-1-2-4-17(16)26-22-8-13-5-14(9-22)7-15(6-13)10-22/h1-4,11-15,26H,5-10H2,(H,25,27)(H,28,29). The van der Waals surface area contributed by atoms with Crippen LogP contribution < -0.4 is 10.6 Å². The maximum atomic E-state index is 12.6. The zero-order valence-corrected chi connectivity index (χ0v) is 16.1. The van der Waals surface area contributed by atoms with Crippen molar-refractivity contribution in [2.75, 3.05) is 10.6 Å². The molecule has 4 bridgehead atoms. The number of carboxylic acid groups (broad SMARTS) is 1. The minimum atomic E-state index is -1.17. The van der Waals surface area contributed by atoms with Gasteiger partial charge in [-0.1, -0.05) is 12.1 Å². The van der Waals surface area contributed by atoms with E-state index in [2.05, 4.69) is 20.6 Å². The Hall–Kier alpha value is -2.96. The van der Waals surface area contributed by atoms with Crippen LogP contribution in [-0.4, -0.2) is 32.5 Å². The average molecular weight is 392 g/mol. The monoisotopic (exact) mass is 392 g/mol. The fraction of sp³-hybridized carbons (Fsp3) is 0.455. The second kappa shape index (κ2) is 6.83. The number of benzene rings is 1. The second-order valence-corrected chi connectivity index (χ2v) is 8.91. The maximum Gasteiger partial charge on any atom is 0.356 e. The predicted octanol–water partition coefficient (Wildman–Crippen LogP) is 3.81. The van der Waals surface area contributed by atoms with Crippen molar-refractivity contribution in [2.24, 2.45) is 17.8 Å². The number of hydrogen-bond donors (Lipinski definition) is 3.